The van der Waals surface area contributed by atoms with Gasteiger partial charge in [0.1, 0.15) is 24.1 Å². The van der Waals surface area contributed by atoms with Gasteiger partial charge in [0.2, 0.25) is 5.91 Å². The first-order valence-corrected chi connectivity index (χ1v) is 8.64. The molecule has 2 aromatic heterocycles. The Morgan fingerprint density at radius 1 is 1.18 bits per heavy atom. The summed E-state index contributed by atoms with van der Waals surface area (Å²) in [7, 11) is 0. The van der Waals surface area contributed by atoms with Crippen molar-refractivity contribution in [2.75, 3.05) is 5.32 Å². The largest absolute Gasteiger partial charge is 0.322 e. The van der Waals surface area contributed by atoms with E-state index in [1.54, 1.807) is 30.3 Å². The van der Waals surface area contributed by atoms with Gasteiger partial charge in [-0.1, -0.05) is 29.8 Å². The molecule has 0 aliphatic heterocycles. The smallest absolute Gasteiger partial charge is 0.264 e. The second kappa shape index (κ2) is 7.24. The zero-order chi connectivity index (χ0) is 19.7. The summed E-state index contributed by atoms with van der Waals surface area (Å²) in [4.78, 5) is 29.1. The molecule has 7 nitrogen and oxygen atoms in total. The summed E-state index contributed by atoms with van der Waals surface area (Å²) >= 11 is 6.01. The molecule has 0 saturated carbocycles. The van der Waals surface area contributed by atoms with Crippen LogP contribution in [0, 0.1) is 5.82 Å². The third-order valence-corrected chi connectivity index (χ3v) is 4.30. The van der Waals surface area contributed by atoms with E-state index in [1.165, 1.54) is 35.4 Å². The average molecular weight is 398 g/mol. The fourth-order valence-corrected chi connectivity index (χ4v) is 2.95. The van der Waals surface area contributed by atoms with Crippen LogP contribution in [0.2, 0.25) is 5.02 Å². The van der Waals surface area contributed by atoms with E-state index in [0.29, 0.717) is 16.4 Å². The molecule has 0 bridgehead atoms. The van der Waals surface area contributed by atoms with Crippen molar-refractivity contribution in [3.8, 4) is 5.69 Å². The highest BCUT2D eigenvalue weighted by Crippen LogP contribution is 2.17. The monoisotopic (exact) mass is 397 g/mol. The molecule has 0 spiro atoms. The van der Waals surface area contributed by atoms with E-state index in [-0.39, 0.29) is 17.6 Å². The number of nitrogens with zero attached hydrogens (tertiary/aromatic N) is 4. The van der Waals surface area contributed by atoms with Gasteiger partial charge in [-0.15, -0.1) is 0 Å². The van der Waals surface area contributed by atoms with Crippen LogP contribution >= 0.6 is 11.6 Å². The highest BCUT2D eigenvalue weighted by Gasteiger charge is 2.14. The predicted octanol–water partition coefficient (Wildman–Crippen LogP) is 3.01. The highest BCUT2D eigenvalue weighted by molar-refractivity contribution is 6.30. The maximum absolute atomic E-state index is 13.7. The van der Waals surface area contributed by atoms with Gasteiger partial charge in [0.25, 0.3) is 5.56 Å². The fraction of sp³-hybridized carbons (Fsp3) is 0.0526. The van der Waals surface area contributed by atoms with Crippen LogP contribution in [0.25, 0.3) is 16.7 Å². The number of hydrogen-bond acceptors (Lipinski definition) is 4. The lowest BCUT2D eigenvalue weighted by molar-refractivity contribution is -0.116. The molecule has 4 rings (SSSR count). The van der Waals surface area contributed by atoms with Crippen LogP contribution in [0.4, 0.5) is 10.1 Å². The van der Waals surface area contributed by atoms with Crippen LogP contribution in [0.15, 0.2) is 65.8 Å². The molecule has 0 saturated heterocycles. The van der Waals surface area contributed by atoms with Gasteiger partial charge in [-0.3, -0.25) is 14.2 Å². The first kappa shape index (κ1) is 17.9. The summed E-state index contributed by atoms with van der Waals surface area (Å²) < 4.78 is 16.3. The number of nitrogens with one attached hydrogen (secondary N) is 1. The molecular weight excluding hydrogens is 385 g/mol. The maximum atomic E-state index is 13.7. The number of para-hydroxylation sites is 1. The quantitative estimate of drug-likeness (QED) is 0.574. The van der Waals surface area contributed by atoms with Gasteiger partial charge in [0.05, 0.1) is 17.6 Å². The Hall–Kier alpha value is -3.52. The normalized spacial score (nSPS) is 10.9. The number of amides is 1. The van der Waals surface area contributed by atoms with Crippen LogP contribution < -0.4 is 10.9 Å². The van der Waals surface area contributed by atoms with Gasteiger partial charge >= 0.3 is 0 Å². The molecule has 0 aliphatic carbocycles. The van der Waals surface area contributed by atoms with Gasteiger partial charge in [-0.25, -0.2) is 14.1 Å². The third kappa shape index (κ3) is 3.37. The zero-order valence-corrected chi connectivity index (χ0v) is 15.1. The summed E-state index contributed by atoms with van der Waals surface area (Å²) in [5.41, 5.74) is 0.618. The van der Waals surface area contributed by atoms with Crippen molar-refractivity contribution in [1.29, 1.82) is 0 Å². The number of rotatable bonds is 4. The summed E-state index contributed by atoms with van der Waals surface area (Å²) in [5.74, 6) is -1.10. The average Bonchev–Trinajstić information content (AvgIpc) is 3.11. The van der Waals surface area contributed by atoms with Gasteiger partial charge < -0.3 is 5.32 Å². The Balaban J connectivity index is 1.63. The summed E-state index contributed by atoms with van der Waals surface area (Å²) in [6.07, 6.45) is 2.64. The predicted molar refractivity (Wildman–Crippen MR) is 103 cm³/mol. The van der Waals surface area contributed by atoms with Crippen LogP contribution in [0.5, 0.6) is 0 Å². The van der Waals surface area contributed by atoms with Crippen LogP contribution in [0.1, 0.15) is 0 Å². The number of hydrogen-bond donors (Lipinski definition) is 1. The molecule has 9 heteroatoms. The lowest BCUT2D eigenvalue weighted by Crippen LogP contribution is -2.28. The van der Waals surface area contributed by atoms with Gasteiger partial charge in [-0.05, 0) is 30.3 Å². The number of halogens is 2. The van der Waals surface area contributed by atoms with Crippen molar-refractivity contribution in [2.45, 2.75) is 6.54 Å². The number of fused-ring (bicyclic) bond motifs is 1. The lowest BCUT2D eigenvalue weighted by atomic mass is 10.3. The SMILES string of the molecule is O=C(Cn1cnc2c(cnn2-c2cccc(Cl)c2)c1=O)Nc1ccccc1F. The van der Waals surface area contributed by atoms with Crippen molar-refractivity contribution >= 4 is 34.2 Å². The van der Waals surface area contributed by atoms with Gasteiger partial charge in [0.15, 0.2) is 5.65 Å². The first-order chi connectivity index (χ1) is 13.5. The van der Waals surface area contributed by atoms with E-state index in [2.05, 4.69) is 15.4 Å². The molecule has 1 N–H and O–H groups in total. The van der Waals surface area contributed by atoms with E-state index < -0.39 is 17.3 Å². The van der Waals surface area contributed by atoms with Crippen molar-refractivity contribution in [2.24, 2.45) is 0 Å². The van der Waals surface area contributed by atoms with E-state index in [9.17, 15) is 14.0 Å². The second-order valence-corrected chi connectivity index (χ2v) is 6.42. The molecule has 4 aromatic rings. The molecule has 1 amide bonds. The van der Waals surface area contributed by atoms with E-state index in [0.717, 1.165) is 4.57 Å². The second-order valence-electron chi connectivity index (χ2n) is 5.98. The standard InChI is InChI=1S/C19H13ClFN5O2/c20-12-4-3-5-13(8-12)26-18-14(9-23-26)19(28)25(11-22-18)10-17(27)24-16-7-2-1-6-15(16)21/h1-9,11H,10H2,(H,24,27). The molecule has 0 atom stereocenters. The first-order valence-electron chi connectivity index (χ1n) is 8.26. The summed E-state index contributed by atoms with van der Waals surface area (Å²) in [6, 6.07) is 12.8. The highest BCUT2D eigenvalue weighted by atomic mass is 35.5. The molecule has 0 unspecified atom stereocenters. The molecule has 28 heavy (non-hydrogen) atoms. The zero-order valence-electron chi connectivity index (χ0n) is 14.3. The number of carbonyl (C=O) groups excluding carboxylic acids is 1. The van der Waals surface area contributed by atoms with E-state index in [1.807, 2.05) is 0 Å². The van der Waals surface area contributed by atoms with Crippen LogP contribution in [-0.4, -0.2) is 25.2 Å². The molecule has 0 radical (unpaired) electrons. The minimum atomic E-state index is -0.556. The Morgan fingerprint density at radius 3 is 2.79 bits per heavy atom. The minimum absolute atomic E-state index is 0.0448. The lowest BCUT2D eigenvalue weighted by Gasteiger charge is -2.08. The van der Waals surface area contributed by atoms with Crippen molar-refractivity contribution in [1.82, 2.24) is 19.3 Å². The van der Waals surface area contributed by atoms with E-state index >= 15 is 0 Å². The third-order valence-electron chi connectivity index (χ3n) is 4.07. The Morgan fingerprint density at radius 2 is 2.00 bits per heavy atom. The van der Waals surface area contributed by atoms with Crippen LogP contribution in [-0.2, 0) is 11.3 Å². The number of carbonyl (C=O) groups is 1. The Kier molecular flexibility index (Phi) is 4.62. The number of aromatic nitrogens is 4. The Bertz CT molecular complexity index is 1250. The molecule has 140 valence electrons. The molecular formula is C19H13ClFN5O2. The van der Waals surface area contributed by atoms with Gasteiger partial charge in [-0.2, -0.15) is 5.10 Å². The molecule has 0 fully saturated rings. The number of benzene rings is 2. The summed E-state index contributed by atoms with van der Waals surface area (Å²) in [5, 5.41) is 7.41. The van der Waals surface area contributed by atoms with Crippen molar-refractivity contribution in [3.63, 3.8) is 0 Å². The summed E-state index contributed by atoms with van der Waals surface area (Å²) in [6.45, 7) is -0.307. The van der Waals surface area contributed by atoms with Crippen molar-refractivity contribution in [3.05, 3.63) is 82.2 Å². The minimum Gasteiger partial charge on any atom is -0.322 e. The Labute approximate surface area is 163 Å². The maximum Gasteiger partial charge on any atom is 0.264 e. The molecule has 2 aromatic carbocycles. The van der Waals surface area contributed by atoms with Crippen LogP contribution in [0.3, 0.4) is 0 Å². The number of anilines is 1. The molecule has 2 heterocycles. The van der Waals surface area contributed by atoms with Crippen molar-refractivity contribution < 1.29 is 9.18 Å². The fourth-order valence-electron chi connectivity index (χ4n) is 2.77. The van der Waals surface area contributed by atoms with E-state index in [4.69, 9.17) is 11.6 Å². The topological polar surface area (TPSA) is 81.8 Å². The molecule has 0 aliphatic rings. The van der Waals surface area contributed by atoms with Gasteiger partial charge in [0, 0.05) is 5.02 Å².